The number of imidazole rings is 1. The number of nitrogens with zero attached hydrogens (tertiary/aromatic N) is 5. The third kappa shape index (κ3) is 3.35. The average molecular weight is 423 g/mol. The highest BCUT2D eigenvalue weighted by molar-refractivity contribution is 5.69. The summed E-state index contributed by atoms with van der Waals surface area (Å²) in [4.78, 5) is 6.14. The van der Waals surface area contributed by atoms with Gasteiger partial charge in [-0.2, -0.15) is 0 Å². The quantitative estimate of drug-likeness (QED) is 0.672. The number of hydrogen-bond donors (Lipinski definition) is 2. The lowest BCUT2D eigenvalue weighted by atomic mass is 9.68. The fraction of sp³-hybridized carbons (Fsp3) is 0.435. The number of phenols is 1. The summed E-state index contributed by atoms with van der Waals surface area (Å²) in [7, 11) is 1.89. The summed E-state index contributed by atoms with van der Waals surface area (Å²) >= 11 is 0. The number of benzene rings is 1. The Morgan fingerprint density at radius 1 is 1.26 bits per heavy atom. The number of rotatable bonds is 4. The van der Waals surface area contributed by atoms with Crippen LogP contribution >= 0.6 is 0 Å². The average Bonchev–Trinajstić information content (AvgIpc) is 3.21. The smallest absolute Gasteiger partial charge is 0.151 e. The molecule has 0 unspecified atom stereocenters. The van der Waals surface area contributed by atoms with Crippen LogP contribution in [0.4, 0.5) is 10.2 Å². The molecule has 1 aliphatic carbocycles. The van der Waals surface area contributed by atoms with E-state index in [1.165, 1.54) is 0 Å². The summed E-state index contributed by atoms with van der Waals surface area (Å²) in [5.41, 5.74) is 2.41. The van der Waals surface area contributed by atoms with E-state index in [9.17, 15) is 5.11 Å². The number of hydrogen-bond acceptors (Lipinski definition) is 6. The van der Waals surface area contributed by atoms with E-state index in [4.69, 9.17) is 0 Å². The highest BCUT2D eigenvalue weighted by atomic mass is 19.1. The maximum Gasteiger partial charge on any atom is 0.151 e. The van der Waals surface area contributed by atoms with E-state index in [1.807, 2.05) is 60.8 Å². The van der Waals surface area contributed by atoms with Gasteiger partial charge in [0.25, 0.3) is 0 Å². The SMILES string of the molecule is Cc1cn(-c2ccc(-c3ccc(N(C)[C@@H]4[C@H]5CC[C@](C)(NC5)[C@H]4F)nn3)c(O)c2)cn1. The van der Waals surface area contributed by atoms with Gasteiger partial charge in [0.05, 0.1) is 29.4 Å². The molecule has 3 aliphatic rings. The fourth-order valence-electron chi connectivity index (χ4n) is 4.96. The minimum atomic E-state index is -0.963. The maximum atomic E-state index is 15.2. The molecule has 3 fully saturated rings. The van der Waals surface area contributed by atoms with Gasteiger partial charge in [-0.15, -0.1) is 10.2 Å². The van der Waals surface area contributed by atoms with Crippen LogP contribution in [-0.4, -0.2) is 56.2 Å². The number of piperidine rings is 2. The normalized spacial score (nSPS) is 27.4. The Morgan fingerprint density at radius 2 is 2.10 bits per heavy atom. The summed E-state index contributed by atoms with van der Waals surface area (Å²) < 4.78 is 17.1. The number of alkyl halides is 1. The first-order chi connectivity index (χ1) is 14.9. The number of halogens is 1. The summed E-state index contributed by atoms with van der Waals surface area (Å²) in [5, 5.41) is 22.6. The molecule has 162 valence electrons. The van der Waals surface area contributed by atoms with Gasteiger partial charge in [0.15, 0.2) is 5.82 Å². The van der Waals surface area contributed by atoms with Crippen molar-refractivity contribution in [3.8, 4) is 22.7 Å². The number of phenolic OH excluding ortho intramolecular Hbond substituents is 1. The first-order valence-electron chi connectivity index (χ1n) is 10.7. The Balaban J connectivity index is 1.38. The molecule has 7 nitrogen and oxygen atoms in total. The predicted octanol–water partition coefficient (Wildman–Crippen LogP) is 3.26. The van der Waals surface area contributed by atoms with E-state index in [0.717, 1.165) is 30.8 Å². The summed E-state index contributed by atoms with van der Waals surface area (Å²) in [6, 6.07) is 8.85. The zero-order valence-electron chi connectivity index (χ0n) is 18.0. The molecule has 4 heterocycles. The molecule has 1 aromatic carbocycles. The van der Waals surface area contributed by atoms with Crippen molar-refractivity contribution in [2.24, 2.45) is 5.92 Å². The van der Waals surface area contributed by atoms with Gasteiger partial charge in [0, 0.05) is 37.0 Å². The number of fused-ring (bicyclic) bond motifs is 3. The number of anilines is 1. The second kappa shape index (κ2) is 7.30. The Morgan fingerprint density at radius 3 is 2.71 bits per heavy atom. The number of nitrogens with one attached hydrogen (secondary N) is 1. The predicted molar refractivity (Wildman–Crippen MR) is 117 cm³/mol. The Kier molecular flexibility index (Phi) is 4.69. The number of aromatic nitrogens is 4. The standard InChI is InChI=1S/C23H27FN6O/c1-14-12-30(13-25-14)16-4-5-17(19(31)10-16)18-6-7-20(28-27-18)29(3)21-15-8-9-23(2,22(21)24)26-11-15/h4-7,10,12-13,15,21-22,26,31H,8-9,11H2,1-3H3/t15-,21+,22-,23-/m0/s1. The van der Waals surface area contributed by atoms with Crippen molar-refractivity contribution in [1.82, 2.24) is 25.1 Å². The van der Waals surface area contributed by atoms with Gasteiger partial charge in [-0.25, -0.2) is 9.37 Å². The van der Waals surface area contributed by atoms with Crippen LogP contribution in [0.1, 0.15) is 25.5 Å². The van der Waals surface area contributed by atoms with Crippen molar-refractivity contribution in [3.05, 3.63) is 48.5 Å². The van der Waals surface area contributed by atoms with Gasteiger partial charge in [0.2, 0.25) is 0 Å². The van der Waals surface area contributed by atoms with E-state index in [0.29, 0.717) is 17.1 Å². The van der Waals surface area contributed by atoms with E-state index in [2.05, 4.69) is 20.5 Å². The fourth-order valence-corrected chi connectivity index (χ4v) is 4.96. The molecule has 0 spiro atoms. The third-order valence-corrected chi connectivity index (χ3v) is 6.92. The molecule has 2 N–H and O–H groups in total. The van der Waals surface area contributed by atoms with Crippen LogP contribution in [-0.2, 0) is 0 Å². The van der Waals surface area contributed by atoms with Crippen molar-refractivity contribution in [1.29, 1.82) is 0 Å². The molecule has 2 saturated heterocycles. The van der Waals surface area contributed by atoms with Crippen LogP contribution in [0.15, 0.2) is 42.9 Å². The topological polar surface area (TPSA) is 79.1 Å². The molecule has 2 bridgehead atoms. The molecule has 8 heteroatoms. The third-order valence-electron chi connectivity index (χ3n) is 6.92. The van der Waals surface area contributed by atoms with Crippen LogP contribution in [0.25, 0.3) is 16.9 Å². The van der Waals surface area contributed by atoms with Crippen molar-refractivity contribution in [2.45, 2.75) is 44.4 Å². The van der Waals surface area contributed by atoms with Crippen LogP contribution in [0.3, 0.4) is 0 Å². The van der Waals surface area contributed by atoms with Crippen molar-refractivity contribution in [2.75, 3.05) is 18.5 Å². The molecular weight excluding hydrogens is 395 g/mol. The molecule has 1 saturated carbocycles. The summed E-state index contributed by atoms with van der Waals surface area (Å²) in [6.45, 7) is 4.72. The van der Waals surface area contributed by atoms with Crippen molar-refractivity contribution >= 4 is 5.82 Å². The van der Waals surface area contributed by atoms with E-state index in [-0.39, 0.29) is 17.7 Å². The summed E-state index contributed by atoms with van der Waals surface area (Å²) in [5.74, 6) is 1.01. The lowest BCUT2D eigenvalue weighted by Gasteiger charge is -2.54. The van der Waals surface area contributed by atoms with E-state index in [1.54, 1.807) is 12.4 Å². The Bertz CT molecular complexity index is 1090. The number of aryl methyl sites for hydroxylation is 1. The molecule has 6 rings (SSSR count). The first kappa shape index (κ1) is 19.9. The molecule has 0 radical (unpaired) electrons. The zero-order valence-corrected chi connectivity index (χ0v) is 18.0. The maximum absolute atomic E-state index is 15.2. The molecule has 4 atom stereocenters. The van der Waals surface area contributed by atoms with Gasteiger partial charge in [-0.3, -0.25) is 0 Å². The van der Waals surface area contributed by atoms with Gasteiger partial charge >= 0.3 is 0 Å². The first-order valence-corrected chi connectivity index (χ1v) is 10.7. The molecule has 3 aromatic rings. The van der Waals surface area contributed by atoms with E-state index < -0.39 is 11.7 Å². The minimum Gasteiger partial charge on any atom is -0.507 e. The Hall–Kier alpha value is -3.00. The van der Waals surface area contributed by atoms with Gasteiger partial charge < -0.3 is 19.9 Å². The monoisotopic (exact) mass is 422 g/mol. The highest BCUT2D eigenvalue weighted by Crippen LogP contribution is 2.42. The Labute approximate surface area is 180 Å². The van der Waals surface area contributed by atoms with Crippen molar-refractivity contribution < 1.29 is 9.50 Å². The van der Waals surface area contributed by atoms with Gasteiger partial charge in [-0.1, -0.05) is 0 Å². The molecule has 0 amide bonds. The van der Waals surface area contributed by atoms with Gasteiger partial charge in [0.1, 0.15) is 11.9 Å². The van der Waals surface area contributed by atoms with Crippen LogP contribution < -0.4 is 10.2 Å². The summed E-state index contributed by atoms with van der Waals surface area (Å²) in [6.07, 6.45) is 4.52. The molecule has 2 aromatic heterocycles. The zero-order chi connectivity index (χ0) is 21.8. The second-order valence-electron chi connectivity index (χ2n) is 9.00. The lowest BCUT2D eigenvalue weighted by Crippen LogP contribution is -2.70. The number of aromatic hydroxyl groups is 1. The van der Waals surface area contributed by atoms with Crippen LogP contribution in [0, 0.1) is 12.8 Å². The van der Waals surface area contributed by atoms with Gasteiger partial charge in [-0.05, 0) is 56.9 Å². The molecule has 2 aliphatic heterocycles. The minimum absolute atomic E-state index is 0.117. The van der Waals surface area contributed by atoms with Crippen LogP contribution in [0.2, 0.25) is 0 Å². The molecular formula is C23H27FN6O. The van der Waals surface area contributed by atoms with Crippen LogP contribution in [0.5, 0.6) is 5.75 Å². The molecule has 31 heavy (non-hydrogen) atoms. The van der Waals surface area contributed by atoms with Crippen molar-refractivity contribution in [3.63, 3.8) is 0 Å². The lowest BCUT2D eigenvalue weighted by molar-refractivity contribution is 0.0102. The van der Waals surface area contributed by atoms with E-state index >= 15 is 4.39 Å². The highest BCUT2D eigenvalue weighted by Gasteiger charge is 2.53. The second-order valence-corrected chi connectivity index (χ2v) is 9.00. The largest absolute Gasteiger partial charge is 0.507 e.